The molecular formula is C25H27FN4OS. The van der Waals surface area contributed by atoms with Gasteiger partial charge in [0.05, 0.1) is 11.4 Å². The Balaban J connectivity index is 1.27. The molecule has 0 saturated carbocycles. The maximum atomic E-state index is 13.9. The summed E-state index contributed by atoms with van der Waals surface area (Å²) in [6.45, 7) is 3.73. The first-order valence-electron chi connectivity index (χ1n) is 10.9. The summed E-state index contributed by atoms with van der Waals surface area (Å²) in [4.78, 5) is 23.4. The van der Waals surface area contributed by atoms with E-state index in [2.05, 4.69) is 50.5 Å². The molecule has 32 heavy (non-hydrogen) atoms. The van der Waals surface area contributed by atoms with Crippen molar-refractivity contribution < 1.29 is 9.18 Å². The molecule has 1 aromatic heterocycles. The molecule has 1 aliphatic rings. The number of rotatable bonds is 7. The zero-order chi connectivity index (χ0) is 22.3. The van der Waals surface area contributed by atoms with E-state index in [0.29, 0.717) is 11.1 Å². The van der Waals surface area contributed by atoms with Crippen LogP contribution in [0.2, 0.25) is 0 Å². The Labute approximate surface area is 192 Å². The van der Waals surface area contributed by atoms with Crippen LogP contribution in [0, 0.1) is 18.7 Å². The molecule has 7 heteroatoms. The zero-order valence-corrected chi connectivity index (χ0v) is 18.9. The molecule has 0 atom stereocenters. The van der Waals surface area contributed by atoms with Gasteiger partial charge >= 0.3 is 0 Å². The lowest BCUT2D eigenvalue weighted by atomic mass is 9.90. The molecule has 1 fully saturated rings. The number of thioether (sulfide) groups is 1. The summed E-state index contributed by atoms with van der Waals surface area (Å²) in [5, 5.41) is 3.16. The molecule has 1 saturated heterocycles. The van der Waals surface area contributed by atoms with Crippen LogP contribution in [-0.2, 0) is 11.2 Å². The Morgan fingerprint density at radius 2 is 1.94 bits per heavy atom. The fraction of sp³-hybridized carbons (Fsp3) is 0.320. The van der Waals surface area contributed by atoms with E-state index in [1.54, 1.807) is 25.3 Å². The summed E-state index contributed by atoms with van der Waals surface area (Å²) >= 11 is 1.25. The molecule has 1 amide bonds. The van der Waals surface area contributed by atoms with Crippen LogP contribution in [0.1, 0.15) is 24.0 Å². The molecule has 0 unspecified atom stereocenters. The average molecular weight is 451 g/mol. The number of amides is 1. The van der Waals surface area contributed by atoms with E-state index in [9.17, 15) is 9.18 Å². The Bertz CT molecular complexity index is 1050. The number of aryl methyl sites for hydroxylation is 1. The van der Waals surface area contributed by atoms with Gasteiger partial charge in [-0.25, -0.2) is 14.4 Å². The lowest BCUT2D eigenvalue weighted by molar-refractivity contribution is -0.113. The fourth-order valence-corrected chi connectivity index (χ4v) is 4.55. The first-order chi connectivity index (χ1) is 15.6. The second kappa shape index (κ2) is 10.6. The van der Waals surface area contributed by atoms with Crippen LogP contribution < -0.4 is 10.2 Å². The van der Waals surface area contributed by atoms with Gasteiger partial charge in [-0.05, 0) is 61.4 Å². The number of aromatic nitrogens is 2. The van der Waals surface area contributed by atoms with Crippen molar-refractivity contribution in [2.24, 2.45) is 5.92 Å². The van der Waals surface area contributed by atoms with Gasteiger partial charge in [0, 0.05) is 19.3 Å². The maximum Gasteiger partial charge on any atom is 0.234 e. The van der Waals surface area contributed by atoms with E-state index in [1.807, 2.05) is 6.07 Å². The van der Waals surface area contributed by atoms with Crippen LogP contribution in [0.5, 0.6) is 0 Å². The number of nitrogens with zero attached hydrogens (tertiary/aromatic N) is 3. The zero-order valence-electron chi connectivity index (χ0n) is 18.1. The Hall–Kier alpha value is -2.93. The van der Waals surface area contributed by atoms with E-state index in [4.69, 9.17) is 0 Å². The predicted octanol–water partition coefficient (Wildman–Crippen LogP) is 5.11. The summed E-state index contributed by atoms with van der Waals surface area (Å²) in [6.07, 6.45) is 5.12. The summed E-state index contributed by atoms with van der Waals surface area (Å²) < 4.78 is 13.9. The number of carbonyl (C=O) groups is 1. The van der Waals surface area contributed by atoms with Crippen LogP contribution >= 0.6 is 11.8 Å². The predicted molar refractivity (Wildman–Crippen MR) is 128 cm³/mol. The third kappa shape index (κ3) is 6.07. The number of carbonyl (C=O) groups excluding carboxylic acids is 1. The second-order valence-corrected chi connectivity index (χ2v) is 9.08. The highest BCUT2D eigenvalue weighted by molar-refractivity contribution is 7.99. The van der Waals surface area contributed by atoms with E-state index < -0.39 is 5.82 Å². The van der Waals surface area contributed by atoms with Crippen LogP contribution in [-0.4, -0.2) is 34.7 Å². The van der Waals surface area contributed by atoms with Gasteiger partial charge in [-0.15, -0.1) is 0 Å². The maximum absolute atomic E-state index is 13.9. The highest BCUT2D eigenvalue weighted by Gasteiger charge is 2.21. The second-order valence-electron chi connectivity index (χ2n) is 8.14. The number of benzene rings is 2. The van der Waals surface area contributed by atoms with Crippen LogP contribution in [0.3, 0.4) is 0 Å². The largest absolute Gasteiger partial charge is 0.356 e. The minimum Gasteiger partial charge on any atom is -0.356 e. The van der Waals surface area contributed by atoms with Crippen LogP contribution in [0.4, 0.5) is 15.9 Å². The molecule has 1 aliphatic heterocycles. The Kier molecular flexibility index (Phi) is 7.37. The molecule has 0 bridgehead atoms. The number of piperidine rings is 1. The normalized spacial score (nSPS) is 14.4. The van der Waals surface area contributed by atoms with Crippen LogP contribution in [0.25, 0.3) is 0 Å². The van der Waals surface area contributed by atoms with Gasteiger partial charge in [0.2, 0.25) is 5.91 Å². The molecular weight excluding hydrogens is 423 g/mol. The molecule has 0 aliphatic carbocycles. The number of anilines is 2. The van der Waals surface area contributed by atoms with E-state index in [-0.39, 0.29) is 17.3 Å². The van der Waals surface area contributed by atoms with Gasteiger partial charge in [0.15, 0.2) is 5.16 Å². The standard InChI is InChI=1S/C25H27FN4OS/c1-18-7-8-22(21(26)15-18)28-24(31)17-32-25-27-12-9-23(29-25)30-13-10-20(11-14-30)16-19-5-3-2-4-6-19/h2-9,12,15,20H,10-11,13-14,16-17H2,1H3,(H,28,31). The third-order valence-electron chi connectivity index (χ3n) is 5.66. The molecule has 0 spiro atoms. The molecule has 166 valence electrons. The number of halogens is 1. The Morgan fingerprint density at radius 3 is 2.69 bits per heavy atom. The van der Waals surface area contributed by atoms with Gasteiger partial charge in [-0.2, -0.15) is 0 Å². The first kappa shape index (κ1) is 22.3. The highest BCUT2D eigenvalue weighted by Crippen LogP contribution is 2.26. The van der Waals surface area contributed by atoms with Crippen LogP contribution in [0.15, 0.2) is 66.0 Å². The molecule has 2 heterocycles. The summed E-state index contributed by atoms with van der Waals surface area (Å²) in [5.74, 6) is 0.988. The number of nitrogens with one attached hydrogen (secondary N) is 1. The lowest BCUT2D eigenvalue weighted by Crippen LogP contribution is -2.35. The molecule has 5 nitrogen and oxygen atoms in total. The summed E-state index contributed by atoms with van der Waals surface area (Å²) in [7, 11) is 0. The minimum atomic E-state index is -0.433. The van der Waals surface area contributed by atoms with Gasteiger partial charge in [0.25, 0.3) is 0 Å². The van der Waals surface area contributed by atoms with Crippen molar-refractivity contribution >= 4 is 29.2 Å². The van der Waals surface area contributed by atoms with Crippen molar-refractivity contribution in [2.45, 2.75) is 31.3 Å². The smallest absolute Gasteiger partial charge is 0.234 e. The third-order valence-corrected chi connectivity index (χ3v) is 6.52. The van der Waals surface area contributed by atoms with Gasteiger partial charge in [-0.1, -0.05) is 48.2 Å². The van der Waals surface area contributed by atoms with Gasteiger partial charge in [0.1, 0.15) is 11.6 Å². The Morgan fingerprint density at radius 1 is 1.16 bits per heavy atom. The van der Waals surface area contributed by atoms with Crippen molar-refractivity contribution in [1.82, 2.24) is 9.97 Å². The molecule has 1 N–H and O–H groups in total. The van der Waals surface area contributed by atoms with Crippen molar-refractivity contribution in [3.8, 4) is 0 Å². The molecule has 4 rings (SSSR count). The quantitative estimate of drug-likeness (QED) is 0.400. The number of hydrogen-bond acceptors (Lipinski definition) is 5. The summed E-state index contributed by atoms with van der Waals surface area (Å²) in [6, 6.07) is 17.3. The molecule has 3 aromatic rings. The lowest BCUT2D eigenvalue weighted by Gasteiger charge is -2.33. The monoisotopic (exact) mass is 450 g/mol. The molecule has 2 aromatic carbocycles. The van der Waals surface area contributed by atoms with E-state index in [0.717, 1.165) is 43.7 Å². The minimum absolute atomic E-state index is 0.121. The van der Waals surface area contributed by atoms with Gasteiger partial charge in [-0.3, -0.25) is 4.79 Å². The van der Waals surface area contributed by atoms with E-state index >= 15 is 0 Å². The SMILES string of the molecule is Cc1ccc(NC(=O)CSc2nccc(N3CCC(Cc4ccccc4)CC3)n2)c(F)c1. The van der Waals surface area contributed by atoms with E-state index in [1.165, 1.54) is 23.4 Å². The van der Waals surface area contributed by atoms with Crippen molar-refractivity contribution in [3.05, 3.63) is 77.7 Å². The van der Waals surface area contributed by atoms with Gasteiger partial charge < -0.3 is 10.2 Å². The molecule has 0 radical (unpaired) electrons. The van der Waals surface area contributed by atoms with Crippen molar-refractivity contribution in [3.63, 3.8) is 0 Å². The van der Waals surface area contributed by atoms with Crippen molar-refractivity contribution in [2.75, 3.05) is 29.1 Å². The van der Waals surface area contributed by atoms with Crippen molar-refractivity contribution in [1.29, 1.82) is 0 Å². The average Bonchev–Trinajstić information content (AvgIpc) is 2.81. The topological polar surface area (TPSA) is 58.1 Å². The fourth-order valence-electron chi connectivity index (χ4n) is 3.93. The highest BCUT2D eigenvalue weighted by atomic mass is 32.2. The first-order valence-corrected chi connectivity index (χ1v) is 11.9. The number of hydrogen-bond donors (Lipinski definition) is 1. The summed E-state index contributed by atoms with van der Waals surface area (Å²) in [5.41, 5.74) is 2.40.